The van der Waals surface area contributed by atoms with E-state index in [0.717, 1.165) is 35.8 Å². The van der Waals surface area contributed by atoms with Crippen LogP contribution < -0.4 is 0 Å². The topological polar surface area (TPSA) is 97.7 Å². The standard InChI is InChI=1S/C30H32O6S/c1-17(31)18-3-5-19(6-4-18)24-14-29(2)25(11-12-30(29,35)26(33)15-36-27(34)16-37)23-9-7-20-13-21(32)8-10-22(20)28(23)24/h3-6,13,16,23-25,35H,7-12,14-15H2,1-2H3/t23-,24+,25-,29-,30-/m0/s1. The lowest BCUT2D eigenvalue weighted by Crippen LogP contribution is -2.56. The number of benzene rings is 1. The van der Waals surface area contributed by atoms with Gasteiger partial charge < -0.3 is 9.84 Å². The summed E-state index contributed by atoms with van der Waals surface area (Å²) in [7, 11) is 0. The number of fused-ring (bicyclic) bond motifs is 4. The molecule has 5 atom stereocenters. The Kier molecular flexibility index (Phi) is 6.65. The third kappa shape index (κ3) is 4.16. The first-order chi connectivity index (χ1) is 17.6. The molecule has 37 heavy (non-hydrogen) atoms. The molecule has 0 heterocycles. The van der Waals surface area contributed by atoms with Crippen LogP contribution >= 0.6 is 12.2 Å². The maximum Gasteiger partial charge on any atom is 0.342 e. The highest BCUT2D eigenvalue weighted by molar-refractivity contribution is 7.80. The van der Waals surface area contributed by atoms with E-state index in [0.29, 0.717) is 31.2 Å². The number of esters is 1. The number of rotatable bonds is 6. The second-order valence-corrected chi connectivity index (χ2v) is 11.5. The van der Waals surface area contributed by atoms with Crippen LogP contribution in [-0.2, 0) is 19.1 Å². The molecule has 0 unspecified atom stereocenters. The average molecular weight is 521 g/mol. The van der Waals surface area contributed by atoms with Gasteiger partial charge in [-0.05, 0) is 80.1 Å². The van der Waals surface area contributed by atoms with Crippen molar-refractivity contribution in [1.82, 2.24) is 0 Å². The van der Waals surface area contributed by atoms with Crippen molar-refractivity contribution < 1.29 is 29.0 Å². The first-order valence-electron chi connectivity index (χ1n) is 13.0. The summed E-state index contributed by atoms with van der Waals surface area (Å²) < 4.78 is 5.00. The minimum absolute atomic E-state index is 0.00237. The molecule has 0 saturated heterocycles. The van der Waals surface area contributed by atoms with E-state index in [2.05, 4.69) is 12.2 Å². The van der Waals surface area contributed by atoms with Gasteiger partial charge in [-0.2, -0.15) is 0 Å². The van der Waals surface area contributed by atoms with Crippen LogP contribution in [0, 0.1) is 17.3 Å². The van der Waals surface area contributed by atoms with Crippen LogP contribution in [0.5, 0.6) is 0 Å². The van der Waals surface area contributed by atoms with Gasteiger partial charge in [0.1, 0.15) is 5.60 Å². The smallest absolute Gasteiger partial charge is 0.342 e. The quantitative estimate of drug-likeness (QED) is 0.332. The molecule has 7 heteroatoms. The van der Waals surface area contributed by atoms with Crippen LogP contribution in [-0.4, -0.2) is 46.0 Å². The van der Waals surface area contributed by atoms with Gasteiger partial charge in [-0.15, -0.1) is 0 Å². The van der Waals surface area contributed by atoms with Crippen molar-refractivity contribution in [2.75, 3.05) is 6.61 Å². The Labute approximate surface area is 222 Å². The van der Waals surface area contributed by atoms with Crippen molar-refractivity contribution in [2.24, 2.45) is 17.3 Å². The van der Waals surface area contributed by atoms with E-state index in [4.69, 9.17) is 4.74 Å². The predicted molar refractivity (Wildman–Crippen MR) is 141 cm³/mol. The van der Waals surface area contributed by atoms with Crippen molar-refractivity contribution in [3.63, 3.8) is 0 Å². The molecule has 0 bridgehead atoms. The second kappa shape index (κ2) is 9.52. The molecule has 6 nitrogen and oxygen atoms in total. The molecule has 2 fully saturated rings. The average Bonchev–Trinajstić information content (AvgIpc) is 3.17. The number of ether oxygens (including phenoxy) is 1. The highest BCUT2D eigenvalue weighted by atomic mass is 32.1. The molecule has 0 aliphatic heterocycles. The highest BCUT2D eigenvalue weighted by Gasteiger charge is 2.65. The normalized spacial score (nSPS) is 32.6. The lowest BCUT2D eigenvalue weighted by molar-refractivity contribution is -0.162. The predicted octanol–water partition coefficient (Wildman–Crippen LogP) is 4.63. The molecule has 5 rings (SSSR count). The Balaban J connectivity index is 1.59. The van der Waals surface area contributed by atoms with E-state index in [1.165, 1.54) is 11.1 Å². The first-order valence-corrected chi connectivity index (χ1v) is 13.5. The van der Waals surface area contributed by atoms with Crippen LogP contribution in [0.3, 0.4) is 0 Å². The molecular formula is C30H32O6S. The number of hydrogen-bond donors (Lipinski definition) is 1. The maximum absolute atomic E-state index is 13.4. The lowest BCUT2D eigenvalue weighted by atomic mass is 9.50. The summed E-state index contributed by atoms with van der Waals surface area (Å²) in [6.07, 6.45) is 6.29. The molecule has 194 valence electrons. The van der Waals surface area contributed by atoms with Crippen molar-refractivity contribution in [3.8, 4) is 0 Å². The number of Topliss-reactive ketones (excluding diaryl/α,β-unsaturated/α-hetero) is 2. The van der Waals surface area contributed by atoms with Gasteiger partial charge in [-0.25, -0.2) is 4.79 Å². The zero-order valence-electron chi connectivity index (χ0n) is 21.2. The van der Waals surface area contributed by atoms with E-state index in [1.54, 1.807) is 6.92 Å². The fourth-order valence-corrected chi connectivity index (χ4v) is 7.73. The third-order valence-corrected chi connectivity index (χ3v) is 9.70. The van der Waals surface area contributed by atoms with Gasteiger partial charge in [0.15, 0.2) is 18.2 Å². The zero-order chi connectivity index (χ0) is 26.5. The summed E-state index contributed by atoms with van der Waals surface area (Å²) in [4.78, 5) is 49.1. The second-order valence-electron chi connectivity index (χ2n) is 11.2. The number of carbonyl (C=O) groups excluding carboxylic acids is 4. The lowest BCUT2D eigenvalue weighted by Gasteiger charge is -2.54. The van der Waals surface area contributed by atoms with Gasteiger partial charge >= 0.3 is 5.97 Å². The van der Waals surface area contributed by atoms with Crippen LogP contribution in [0.15, 0.2) is 47.1 Å². The Morgan fingerprint density at radius 3 is 2.54 bits per heavy atom. The number of aliphatic hydroxyl groups is 1. The summed E-state index contributed by atoms with van der Waals surface area (Å²) in [6.45, 7) is 3.05. The van der Waals surface area contributed by atoms with E-state index < -0.39 is 29.4 Å². The summed E-state index contributed by atoms with van der Waals surface area (Å²) in [5, 5.41) is 12.8. The molecule has 4 aliphatic carbocycles. The van der Waals surface area contributed by atoms with Crippen molar-refractivity contribution in [3.05, 3.63) is 58.2 Å². The molecule has 2 saturated carbocycles. The van der Waals surface area contributed by atoms with E-state index in [9.17, 15) is 24.3 Å². The Morgan fingerprint density at radius 2 is 1.86 bits per heavy atom. The van der Waals surface area contributed by atoms with Gasteiger partial charge in [0.2, 0.25) is 5.78 Å². The molecule has 0 radical (unpaired) electrons. The van der Waals surface area contributed by atoms with Crippen LogP contribution in [0.1, 0.15) is 80.6 Å². The Morgan fingerprint density at radius 1 is 1.14 bits per heavy atom. The van der Waals surface area contributed by atoms with Crippen molar-refractivity contribution >= 4 is 40.9 Å². The van der Waals surface area contributed by atoms with Crippen molar-refractivity contribution in [2.45, 2.75) is 70.3 Å². The Hall–Kier alpha value is -2.77. The minimum Gasteiger partial charge on any atom is -0.454 e. The van der Waals surface area contributed by atoms with Crippen LogP contribution in [0.2, 0.25) is 0 Å². The first kappa shape index (κ1) is 25.9. The SMILES string of the molecule is CC(=O)c1ccc([C@H]2C[C@@]3(C)[C@@H](CC[C@]3(O)C(=O)COC(=O)C=S)[C@@H]3CCC4=CC(=O)CCC4=C32)cc1. The molecule has 1 aromatic rings. The molecule has 4 aliphatic rings. The van der Waals surface area contributed by atoms with Crippen LogP contribution in [0.25, 0.3) is 0 Å². The number of allylic oxidation sites excluding steroid dienone is 4. The maximum atomic E-state index is 13.4. The van der Waals surface area contributed by atoms with Gasteiger partial charge in [-0.1, -0.05) is 49.0 Å². The molecule has 1 N–H and O–H groups in total. The molecular weight excluding hydrogens is 488 g/mol. The van der Waals surface area contributed by atoms with Gasteiger partial charge in [0.05, 0.1) is 5.37 Å². The molecule has 1 aromatic carbocycles. The van der Waals surface area contributed by atoms with E-state index >= 15 is 0 Å². The fourth-order valence-electron chi connectivity index (χ4n) is 7.66. The molecule has 0 spiro atoms. The van der Waals surface area contributed by atoms with Gasteiger partial charge in [0, 0.05) is 23.3 Å². The van der Waals surface area contributed by atoms with Gasteiger partial charge in [-0.3, -0.25) is 14.4 Å². The Bertz CT molecular complexity index is 1260. The van der Waals surface area contributed by atoms with Crippen LogP contribution in [0.4, 0.5) is 0 Å². The largest absolute Gasteiger partial charge is 0.454 e. The fraction of sp³-hybridized carbons (Fsp3) is 0.500. The molecule has 0 aromatic heterocycles. The third-order valence-electron chi connectivity index (χ3n) is 9.51. The summed E-state index contributed by atoms with van der Waals surface area (Å²) in [5.74, 6) is -0.850. The monoisotopic (exact) mass is 520 g/mol. The van der Waals surface area contributed by atoms with E-state index in [-0.39, 0.29) is 29.3 Å². The van der Waals surface area contributed by atoms with Crippen molar-refractivity contribution in [1.29, 1.82) is 0 Å². The summed E-state index contributed by atoms with van der Waals surface area (Å²) >= 11 is 4.59. The van der Waals surface area contributed by atoms with Gasteiger partial charge in [0.25, 0.3) is 0 Å². The number of hydrogen-bond acceptors (Lipinski definition) is 7. The molecule has 0 amide bonds. The highest BCUT2D eigenvalue weighted by Crippen LogP contribution is 2.66. The number of ketones is 3. The summed E-state index contributed by atoms with van der Waals surface area (Å²) in [5.41, 5.74) is 3.09. The zero-order valence-corrected chi connectivity index (χ0v) is 22.1. The minimum atomic E-state index is -1.62. The van der Waals surface area contributed by atoms with E-state index in [1.807, 2.05) is 37.3 Å². The number of carbonyl (C=O) groups is 4. The number of thiocarbonyl (C=S) groups is 1. The summed E-state index contributed by atoms with van der Waals surface area (Å²) in [6, 6.07) is 7.65.